The molecule has 150 valence electrons. The number of amides is 4. The lowest BCUT2D eigenvalue weighted by Gasteiger charge is -2.14. The molecule has 0 saturated heterocycles. The number of rotatable bonds is 6. The van der Waals surface area contributed by atoms with Gasteiger partial charge in [0.25, 0.3) is 17.7 Å². The van der Waals surface area contributed by atoms with Crippen molar-refractivity contribution in [3.05, 3.63) is 64.2 Å². The quantitative estimate of drug-likeness (QED) is 0.555. The highest BCUT2D eigenvalue weighted by Gasteiger charge is 2.34. The fraction of sp³-hybridized carbons (Fsp3) is 0.200. The normalized spacial score (nSPS) is 12.6. The fourth-order valence-corrected chi connectivity index (χ4v) is 3.13. The van der Waals surface area contributed by atoms with Crippen molar-refractivity contribution in [2.45, 2.75) is 12.8 Å². The number of ether oxygens (including phenoxy) is 1. The predicted octanol–water partition coefficient (Wildman–Crippen LogP) is 2.19. The molecule has 4 amide bonds. The molecule has 1 aliphatic rings. The van der Waals surface area contributed by atoms with Crippen LogP contribution in [0.25, 0.3) is 0 Å². The molecule has 9 heteroatoms. The number of carbonyl (C=O) groups excluding carboxylic acids is 4. The number of halogens is 1. The molecule has 2 aromatic carbocycles. The van der Waals surface area contributed by atoms with E-state index in [4.69, 9.17) is 16.3 Å². The van der Waals surface area contributed by atoms with E-state index in [9.17, 15) is 19.2 Å². The summed E-state index contributed by atoms with van der Waals surface area (Å²) in [6.45, 7) is 0.107. The summed E-state index contributed by atoms with van der Waals surface area (Å²) in [5, 5.41) is 0.350. The minimum Gasteiger partial charge on any atom is -0.496 e. The first-order valence-electron chi connectivity index (χ1n) is 8.80. The Labute approximate surface area is 171 Å². The summed E-state index contributed by atoms with van der Waals surface area (Å²) in [5.41, 5.74) is 5.48. The van der Waals surface area contributed by atoms with E-state index in [2.05, 4.69) is 10.9 Å². The van der Waals surface area contributed by atoms with Gasteiger partial charge in [0.1, 0.15) is 5.75 Å². The van der Waals surface area contributed by atoms with E-state index in [0.717, 1.165) is 4.90 Å². The van der Waals surface area contributed by atoms with E-state index >= 15 is 0 Å². The van der Waals surface area contributed by atoms with Crippen LogP contribution >= 0.6 is 11.6 Å². The van der Waals surface area contributed by atoms with Crippen molar-refractivity contribution in [2.24, 2.45) is 0 Å². The molecule has 0 aliphatic carbocycles. The maximum absolute atomic E-state index is 12.3. The molecule has 3 rings (SSSR count). The molecule has 0 spiro atoms. The maximum atomic E-state index is 12.3. The standard InChI is InChI=1S/C20H18ClN3O5/c1-29-16-9-8-12(21)11-15(16)18(26)23-22-17(25)7-4-10-24-19(27)13-5-2-3-6-14(13)20(24)28/h2-3,5-6,8-9,11H,4,7,10H2,1H3,(H,22,25)(H,23,26). The average molecular weight is 416 g/mol. The number of fused-ring (bicyclic) bond motifs is 1. The van der Waals surface area contributed by atoms with Gasteiger partial charge in [-0.15, -0.1) is 0 Å². The molecule has 29 heavy (non-hydrogen) atoms. The first-order valence-corrected chi connectivity index (χ1v) is 9.18. The first kappa shape index (κ1) is 20.3. The number of imide groups is 1. The molecule has 0 unspecified atom stereocenters. The van der Waals surface area contributed by atoms with Crippen LogP contribution in [0.4, 0.5) is 0 Å². The number of hydrazine groups is 1. The largest absolute Gasteiger partial charge is 0.496 e. The molecule has 8 nitrogen and oxygen atoms in total. The van der Waals surface area contributed by atoms with Crippen molar-refractivity contribution in [2.75, 3.05) is 13.7 Å². The molecule has 1 aliphatic heterocycles. The second kappa shape index (κ2) is 8.74. The molecule has 0 bridgehead atoms. The Kier molecular flexibility index (Phi) is 6.13. The molecule has 0 radical (unpaired) electrons. The van der Waals surface area contributed by atoms with E-state index in [1.54, 1.807) is 36.4 Å². The van der Waals surface area contributed by atoms with Gasteiger partial charge in [0.05, 0.1) is 23.8 Å². The Morgan fingerprint density at radius 1 is 1.03 bits per heavy atom. The number of nitrogens with zero attached hydrogens (tertiary/aromatic N) is 1. The smallest absolute Gasteiger partial charge is 0.273 e. The van der Waals surface area contributed by atoms with E-state index in [1.807, 2.05) is 0 Å². The third-order valence-corrected chi connectivity index (χ3v) is 4.62. The summed E-state index contributed by atoms with van der Waals surface area (Å²) in [4.78, 5) is 49.9. The lowest BCUT2D eigenvalue weighted by Crippen LogP contribution is -2.42. The van der Waals surface area contributed by atoms with Gasteiger partial charge in [-0.05, 0) is 36.8 Å². The highest BCUT2D eigenvalue weighted by Crippen LogP contribution is 2.23. The van der Waals surface area contributed by atoms with Crippen molar-refractivity contribution in [3.8, 4) is 5.75 Å². The molecule has 1 heterocycles. The van der Waals surface area contributed by atoms with Crippen molar-refractivity contribution >= 4 is 35.2 Å². The van der Waals surface area contributed by atoms with Crippen molar-refractivity contribution < 1.29 is 23.9 Å². The lowest BCUT2D eigenvalue weighted by atomic mass is 10.1. The van der Waals surface area contributed by atoms with Crippen LogP contribution in [0.5, 0.6) is 5.75 Å². The summed E-state index contributed by atoms with van der Waals surface area (Å²) in [7, 11) is 1.41. The summed E-state index contributed by atoms with van der Waals surface area (Å²) >= 11 is 5.89. The first-order chi connectivity index (χ1) is 13.9. The van der Waals surface area contributed by atoms with Crippen LogP contribution in [0.1, 0.15) is 43.9 Å². The van der Waals surface area contributed by atoms with Gasteiger partial charge in [-0.25, -0.2) is 0 Å². The van der Waals surface area contributed by atoms with Crippen molar-refractivity contribution in [1.29, 1.82) is 0 Å². The van der Waals surface area contributed by atoms with Crippen LogP contribution in [0.15, 0.2) is 42.5 Å². The monoisotopic (exact) mass is 415 g/mol. The molecule has 0 fully saturated rings. The molecule has 0 saturated carbocycles. The van der Waals surface area contributed by atoms with Gasteiger partial charge in [-0.2, -0.15) is 0 Å². The van der Waals surface area contributed by atoms with Gasteiger partial charge in [-0.1, -0.05) is 23.7 Å². The Morgan fingerprint density at radius 2 is 1.69 bits per heavy atom. The Balaban J connectivity index is 1.48. The van der Waals surface area contributed by atoms with Crippen LogP contribution < -0.4 is 15.6 Å². The van der Waals surface area contributed by atoms with Crippen LogP contribution in [0.2, 0.25) is 5.02 Å². The third-order valence-electron chi connectivity index (χ3n) is 4.39. The van der Waals surface area contributed by atoms with E-state index in [1.165, 1.54) is 13.2 Å². The lowest BCUT2D eigenvalue weighted by molar-refractivity contribution is -0.122. The Morgan fingerprint density at radius 3 is 2.31 bits per heavy atom. The molecule has 2 aromatic rings. The van der Waals surface area contributed by atoms with Crippen LogP contribution in [-0.2, 0) is 4.79 Å². The van der Waals surface area contributed by atoms with Gasteiger partial charge in [-0.3, -0.25) is 34.9 Å². The Hall–Kier alpha value is -3.39. The van der Waals surface area contributed by atoms with Gasteiger partial charge in [0.2, 0.25) is 5.91 Å². The summed E-state index contributed by atoms with van der Waals surface area (Å²) in [6, 6.07) is 11.1. The zero-order chi connectivity index (χ0) is 21.0. The van der Waals surface area contributed by atoms with Crippen LogP contribution in [0, 0.1) is 0 Å². The minimum absolute atomic E-state index is 0.0143. The summed E-state index contributed by atoms with van der Waals surface area (Å²) in [5.74, 6) is -1.47. The number of carbonyl (C=O) groups is 4. The molecule has 0 atom stereocenters. The van der Waals surface area contributed by atoms with Gasteiger partial charge >= 0.3 is 0 Å². The number of benzene rings is 2. The number of methoxy groups -OCH3 is 1. The second-order valence-corrected chi connectivity index (χ2v) is 6.69. The minimum atomic E-state index is -0.585. The zero-order valence-electron chi connectivity index (χ0n) is 15.5. The Bertz CT molecular complexity index is 957. The molecule has 0 aromatic heterocycles. The topological polar surface area (TPSA) is 105 Å². The van der Waals surface area contributed by atoms with Gasteiger partial charge < -0.3 is 4.74 Å². The fourth-order valence-electron chi connectivity index (χ4n) is 2.95. The van der Waals surface area contributed by atoms with Crippen molar-refractivity contribution in [3.63, 3.8) is 0 Å². The summed E-state index contributed by atoms with van der Waals surface area (Å²) in [6.07, 6.45) is 0.272. The maximum Gasteiger partial charge on any atom is 0.273 e. The predicted molar refractivity (Wildman–Crippen MR) is 105 cm³/mol. The van der Waals surface area contributed by atoms with E-state index in [0.29, 0.717) is 21.9 Å². The molecule has 2 N–H and O–H groups in total. The highest BCUT2D eigenvalue weighted by molar-refractivity contribution is 6.31. The number of nitrogens with one attached hydrogen (secondary N) is 2. The number of hydrogen-bond acceptors (Lipinski definition) is 5. The van der Waals surface area contributed by atoms with Gasteiger partial charge in [0, 0.05) is 18.0 Å². The molecular weight excluding hydrogens is 398 g/mol. The van der Waals surface area contributed by atoms with Crippen molar-refractivity contribution in [1.82, 2.24) is 15.8 Å². The van der Waals surface area contributed by atoms with Crippen LogP contribution in [0.3, 0.4) is 0 Å². The average Bonchev–Trinajstić information content (AvgIpc) is 2.97. The van der Waals surface area contributed by atoms with E-state index in [-0.39, 0.29) is 36.8 Å². The SMILES string of the molecule is COc1ccc(Cl)cc1C(=O)NNC(=O)CCCN1C(=O)c2ccccc2C1=O. The highest BCUT2D eigenvalue weighted by atomic mass is 35.5. The molecular formula is C20H18ClN3O5. The van der Waals surface area contributed by atoms with Crippen LogP contribution in [-0.4, -0.2) is 42.2 Å². The van der Waals surface area contributed by atoms with Gasteiger partial charge in [0.15, 0.2) is 0 Å². The number of hydrogen-bond donors (Lipinski definition) is 2. The second-order valence-electron chi connectivity index (χ2n) is 6.26. The zero-order valence-corrected chi connectivity index (χ0v) is 16.3. The van der Waals surface area contributed by atoms with E-state index < -0.39 is 11.8 Å². The summed E-state index contributed by atoms with van der Waals surface area (Å²) < 4.78 is 5.10. The third kappa shape index (κ3) is 4.38.